The molecule has 150 valence electrons. The van der Waals surface area contributed by atoms with Gasteiger partial charge in [-0.15, -0.1) is 10.2 Å². The first-order chi connectivity index (χ1) is 14.6. The number of nitrogens with one attached hydrogen (secondary N) is 1. The van der Waals surface area contributed by atoms with Crippen molar-refractivity contribution in [2.45, 2.75) is 20.0 Å². The molecule has 0 bridgehead atoms. The van der Waals surface area contributed by atoms with Crippen molar-refractivity contribution in [2.75, 3.05) is 5.32 Å². The van der Waals surface area contributed by atoms with Gasteiger partial charge < -0.3 is 10.1 Å². The van der Waals surface area contributed by atoms with Crippen LogP contribution in [0.3, 0.4) is 0 Å². The molecule has 1 heterocycles. The van der Waals surface area contributed by atoms with Gasteiger partial charge in [0.2, 0.25) is 5.01 Å². The fraction of sp³-hybridized carbons (Fsp3) is 0.130. The summed E-state index contributed by atoms with van der Waals surface area (Å²) in [5.41, 5.74) is 2.35. The van der Waals surface area contributed by atoms with Gasteiger partial charge in [-0.1, -0.05) is 60.7 Å². The highest BCUT2D eigenvalue weighted by molar-refractivity contribution is 7.13. The maximum atomic E-state index is 12.4. The first-order valence-corrected chi connectivity index (χ1v) is 10.3. The van der Waals surface area contributed by atoms with Crippen LogP contribution in [-0.2, 0) is 17.8 Å². The molecular formula is C23H19N3O3S. The molecule has 30 heavy (non-hydrogen) atoms. The highest BCUT2D eigenvalue weighted by atomic mass is 32.1. The summed E-state index contributed by atoms with van der Waals surface area (Å²) in [5, 5.41) is 13.3. The summed E-state index contributed by atoms with van der Waals surface area (Å²) in [7, 11) is 0. The number of anilines is 1. The molecule has 0 aliphatic rings. The van der Waals surface area contributed by atoms with Crippen LogP contribution in [0.1, 0.15) is 37.7 Å². The Morgan fingerprint density at radius 1 is 0.967 bits per heavy atom. The molecule has 1 N–H and O–H groups in total. The van der Waals surface area contributed by atoms with Gasteiger partial charge in [-0.05, 0) is 47.0 Å². The zero-order valence-corrected chi connectivity index (χ0v) is 17.1. The Balaban J connectivity index is 1.36. The van der Waals surface area contributed by atoms with E-state index in [4.69, 9.17) is 4.74 Å². The van der Waals surface area contributed by atoms with E-state index in [0.717, 1.165) is 28.5 Å². The molecule has 0 saturated carbocycles. The maximum absolute atomic E-state index is 12.4. The van der Waals surface area contributed by atoms with Crippen molar-refractivity contribution < 1.29 is 14.3 Å². The number of aromatic nitrogens is 2. The van der Waals surface area contributed by atoms with Crippen LogP contribution in [0.4, 0.5) is 5.69 Å². The fourth-order valence-corrected chi connectivity index (χ4v) is 3.59. The Labute approximate surface area is 177 Å². The lowest BCUT2D eigenvalue weighted by atomic mass is 10.1. The number of esters is 1. The van der Waals surface area contributed by atoms with Crippen LogP contribution >= 0.6 is 11.3 Å². The molecule has 0 aliphatic heterocycles. The minimum absolute atomic E-state index is 0.0399. The van der Waals surface area contributed by atoms with Crippen molar-refractivity contribution in [3.8, 4) is 0 Å². The number of benzene rings is 3. The SMILES string of the molecule is CCc1ccc(NC(=O)c2nnc(COC(=O)c3ccc4ccccc4c3)s2)cc1. The second kappa shape index (κ2) is 8.84. The smallest absolute Gasteiger partial charge is 0.338 e. The minimum atomic E-state index is -0.446. The number of hydrogen-bond donors (Lipinski definition) is 1. The second-order valence-corrected chi connectivity index (χ2v) is 7.71. The minimum Gasteiger partial charge on any atom is -0.455 e. The molecule has 0 aliphatic carbocycles. The number of ether oxygens (including phenoxy) is 1. The molecule has 1 aromatic heterocycles. The molecule has 0 unspecified atom stereocenters. The average molecular weight is 417 g/mol. The van der Waals surface area contributed by atoms with Crippen molar-refractivity contribution >= 4 is 39.7 Å². The van der Waals surface area contributed by atoms with E-state index in [2.05, 4.69) is 22.4 Å². The van der Waals surface area contributed by atoms with Crippen LogP contribution in [0.5, 0.6) is 0 Å². The van der Waals surface area contributed by atoms with Crippen LogP contribution in [0, 0.1) is 0 Å². The number of rotatable bonds is 6. The summed E-state index contributed by atoms with van der Waals surface area (Å²) >= 11 is 1.10. The number of hydrogen-bond acceptors (Lipinski definition) is 6. The van der Waals surface area contributed by atoms with E-state index in [1.165, 1.54) is 5.56 Å². The van der Waals surface area contributed by atoms with Gasteiger partial charge >= 0.3 is 5.97 Å². The van der Waals surface area contributed by atoms with E-state index >= 15 is 0 Å². The summed E-state index contributed by atoms with van der Waals surface area (Å²) in [5.74, 6) is -0.790. The van der Waals surface area contributed by atoms with Gasteiger partial charge in [0.1, 0.15) is 6.61 Å². The third-order valence-corrected chi connectivity index (χ3v) is 5.49. The third kappa shape index (κ3) is 4.52. The molecule has 0 atom stereocenters. The Hall–Kier alpha value is -3.58. The van der Waals surface area contributed by atoms with Crippen LogP contribution < -0.4 is 5.32 Å². The predicted octanol–water partition coefficient (Wildman–Crippen LogP) is 4.86. The van der Waals surface area contributed by atoms with Gasteiger partial charge in [-0.3, -0.25) is 4.79 Å². The lowest BCUT2D eigenvalue weighted by Crippen LogP contribution is -2.11. The van der Waals surface area contributed by atoms with E-state index in [1.54, 1.807) is 12.1 Å². The van der Waals surface area contributed by atoms with E-state index in [1.807, 2.05) is 54.6 Å². The second-order valence-electron chi connectivity index (χ2n) is 6.64. The van der Waals surface area contributed by atoms with Crippen molar-refractivity contribution in [2.24, 2.45) is 0 Å². The monoisotopic (exact) mass is 417 g/mol. The van der Waals surface area contributed by atoms with Crippen LogP contribution in [0.25, 0.3) is 10.8 Å². The molecule has 7 heteroatoms. The molecule has 0 saturated heterocycles. The molecule has 0 spiro atoms. The van der Waals surface area contributed by atoms with E-state index in [9.17, 15) is 9.59 Å². The summed E-state index contributed by atoms with van der Waals surface area (Å²) in [6, 6.07) is 20.8. The largest absolute Gasteiger partial charge is 0.455 e. The predicted molar refractivity (Wildman–Crippen MR) is 117 cm³/mol. The van der Waals surface area contributed by atoms with Crippen molar-refractivity contribution in [1.82, 2.24) is 10.2 Å². The zero-order valence-electron chi connectivity index (χ0n) is 16.3. The Morgan fingerprint density at radius 2 is 1.73 bits per heavy atom. The van der Waals surface area contributed by atoms with E-state index < -0.39 is 5.97 Å². The van der Waals surface area contributed by atoms with Crippen molar-refractivity contribution in [3.63, 3.8) is 0 Å². The lowest BCUT2D eigenvalue weighted by molar-refractivity contribution is 0.0472. The van der Waals surface area contributed by atoms with Crippen LogP contribution in [0.15, 0.2) is 66.7 Å². The van der Waals surface area contributed by atoms with E-state index in [0.29, 0.717) is 16.3 Å². The number of carbonyl (C=O) groups is 2. The number of fused-ring (bicyclic) bond motifs is 1. The maximum Gasteiger partial charge on any atom is 0.338 e. The molecular weight excluding hydrogens is 398 g/mol. The highest BCUT2D eigenvalue weighted by Crippen LogP contribution is 2.18. The third-order valence-electron chi connectivity index (χ3n) is 4.59. The molecule has 6 nitrogen and oxygen atoms in total. The topological polar surface area (TPSA) is 81.2 Å². The number of aryl methyl sites for hydroxylation is 1. The van der Waals surface area contributed by atoms with Gasteiger partial charge in [0, 0.05) is 5.69 Å². The van der Waals surface area contributed by atoms with Crippen molar-refractivity contribution in [3.05, 3.63) is 87.9 Å². The van der Waals surface area contributed by atoms with Crippen LogP contribution in [0.2, 0.25) is 0 Å². The molecule has 0 radical (unpaired) electrons. The first-order valence-electron chi connectivity index (χ1n) is 9.51. The normalized spacial score (nSPS) is 10.7. The zero-order chi connectivity index (χ0) is 20.9. The molecule has 4 aromatic rings. The van der Waals surface area contributed by atoms with Crippen molar-refractivity contribution in [1.29, 1.82) is 0 Å². The number of carbonyl (C=O) groups excluding carboxylic acids is 2. The van der Waals surface area contributed by atoms with Gasteiger partial charge in [0.25, 0.3) is 5.91 Å². The van der Waals surface area contributed by atoms with Gasteiger partial charge in [0.15, 0.2) is 5.01 Å². The quantitative estimate of drug-likeness (QED) is 0.453. The van der Waals surface area contributed by atoms with Crippen LogP contribution in [-0.4, -0.2) is 22.1 Å². The fourth-order valence-electron chi connectivity index (χ4n) is 2.94. The molecule has 4 rings (SSSR count). The standard InChI is InChI=1S/C23H19N3O3S/c1-2-15-7-11-19(12-8-15)24-21(27)22-26-25-20(30-22)14-29-23(28)18-10-9-16-5-3-4-6-17(16)13-18/h3-13H,2,14H2,1H3,(H,24,27). The molecule has 0 fully saturated rings. The molecule has 3 aromatic carbocycles. The summed E-state index contributed by atoms with van der Waals surface area (Å²) < 4.78 is 5.34. The Bertz CT molecular complexity index is 1200. The van der Waals surface area contributed by atoms with Gasteiger partial charge in [0.05, 0.1) is 5.56 Å². The first kappa shape index (κ1) is 19.7. The van der Waals surface area contributed by atoms with Gasteiger partial charge in [-0.2, -0.15) is 0 Å². The summed E-state index contributed by atoms with van der Waals surface area (Å²) in [6.07, 6.45) is 0.936. The van der Waals surface area contributed by atoms with E-state index in [-0.39, 0.29) is 17.5 Å². The Kier molecular flexibility index (Phi) is 5.81. The number of nitrogens with zero attached hydrogens (tertiary/aromatic N) is 2. The Morgan fingerprint density at radius 3 is 2.50 bits per heavy atom. The number of amides is 1. The highest BCUT2D eigenvalue weighted by Gasteiger charge is 2.15. The average Bonchev–Trinajstić information content (AvgIpc) is 3.27. The summed E-state index contributed by atoms with van der Waals surface area (Å²) in [6.45, 7) is 2.03. The molecule has 1 amide bonds. The van der Waals surface area contributed by atoms with Gasteiger partial charge in [-0.25, -0.2) is 4.79 Å². The lowest BCUT2D eigenvalue weighted by Gasteiger charge is -2.04. The summed E-state index contributed by atoms with van der Waals surface area (Å²) in [4.78, 5) is 24.7.